The van der Waals surface area contributed by atoms with Crippen LogP contribution in [0.1, 0.15) is 11.1 Å². The number of aromatic nitrogens is 1. The molecule has 3 heterocycles. The second-order valence-corrected chi connectivity index (χ2v) is 6.76. The number of ether oxygens (including phenoxy) is 1. The molecule has 1 aromatic carbocycles. The molecule has 2 atom stereocenters. The van der Waals surface area contributed by atoms with Crippen molar-refractivity contribution in [3.63, 3.8) is 0 Å². The number of hydrogen-bond donors (Lipinski definition) is 0. The molecule has 2 unspecified atom stereocenters. The Labute approximate surface area is 153 Å². The number of rotatable bonds is 6. The molecular weight excluding hydrogens is 329 g/mol. The van der Waals surface area contributed by atoms with Gasteiger partial charge in [-0.25, -0.2) is 0 Å². The lowest BCUT2D eigenvalue weighted by atomic mass is 9.82. The molecular formula is C19H21BN3O3. The van der Waals surface area contributed by atoms with Crippen molar-refractivity contribution < 1.29 is 14.4 Å². The van der Waals surface area contributed by atoms with Gasteiger partial charge in [-0.3, -0.25) is 9.82 Å². The third-order valence-electron chi connectivity index (χ3n) is 5.37. The first-order valence-corrected chi connectivity index (χ1v) is 8.73. The first kappa shape index (κ1) is 17.2. The van der Waals surface area contributed by atoms with Crippen molar-refractivity contribution in [3.8, 4) is 5.75 Å². The van der Waals surface area contributed by atoms with Gasteiger partial charge in [0.15, 0.2) is 0 Å². The molecule has 0 aliphatic carbocycles. The van der Waals surface area contributed by atoms with Crippen LogP contribution in [0.4, 0.5) is 0 Å². The largest absolute Gasteiger partial charge is 0.497 e. The van der Waals surface area contributed by atoms with Gasteiger partial charge in [0, 0.05) is 24.9 Å². The van der Waals surface area contributed by atoms with Crippen LogP contribution >= 0.6 is 0 Å². The van der Waals surface area contributed by atoms with Crippen LogP contribution in [-0.4, -0.2) is 55.3 Å². The number of benzene rings is 1. The van der Waals surface area contributed by atoms with E-state index >= 15 is 0 Å². The van der Waals surface area contributed by atoms with Gasteiger partial charge in [0.1, 0.15) is 5.75 Å². The van der Waals surface area contributed by atoms with Gasteiger partial charge in [0.2, 0.25) is 0 Å². The molecule has 2 aromatic rings. The van der Waals surface area contributed by atoms with E-state index in [1.807, 2.05) is 24.4 Å². The third-order valence-corrected chi connectivity index (χ3v) is 5.37. The number of carbonyl (C=O) groups is 1. The summed E-state index contributed by atoms with van der Waals surface area (Å²) in [6, 6.07) is 12.1. The minimum absolute atomic E-state index is 0.279. The van der Waals surface area contributed by atoms with E-state index in [1.165, 1.54) is 0 Å². The van der Waals surface area contributed by atoms with E-state index in [4.69, 9.17) is 9.57 Å². The number of carbonyl (C=O) groups excluding carboxylic acids is 1. The van der Waals surface area contributed by atoms with Crippen LogP contribution in [0.3, 0.4) is 0 Å². The maximum atomic E-state index is 11.0. The number of nitrogens with zero attached hydrogens (tertiary/aromatic N) is 3. The zero-order valence-corrected chi connectivity index (χ0v) is 14.7. The lowest BCUT2D eigenvalue weighted by Crippen LogP contribution is -2.46. The van der Waals surface area contributed by atoms with Crippen molar-refractivity contribution in [1.29, 1.82) is 0 Å². The monoisotopic (exact) mass is 350 g/mol. The van der Waals surface area contributed by atoms with E-state index in [0.29, 0.717) is 19.7 Å². The Morgan fingerprint density at radius 1 is 1.38 bits per heavy atom. The van der Waals surface area contributed by atoms with Gasteiger partial charge < -0.3 is 14.3 Å². The molecule has 0 saturated carbocycles. The molecule has 0 amide bonds. The number of pyridine rings is 1. The minimum Gasteiger partial charge on any atom is -0.497 e. The Bertz CT molecular complexity index is 758. The molecule has 1 radical (unpaired) electrons. The third kappa shape index (κ3) is 2.92. The highest BCUT2D eigenvalue weighted by Gasteiger charge is 2.56. The van der Waals surface area contributed by atoms with Crippen LogP contribution in [0, 0.1) is 5.92 Å². The van der Waals surface area contributed by atoms with Gasteiger partial charge in [-0.15, -0.1) is 0 Å². The molecule has 26 heavy (non-hydrogen) atoms. The molecule has 4 rings (SSSR count). The lowest BCUT2D eigenvalue weighted by Gasteiger charge is -2.36. The maximum Gasteiger partial charge on any atom is 0.293 e. The van der Waals surface area contributed by atoms with Crippen LogP contribution in [0.2, 0.25) is 0 Å². The summed E-state index contributed by atoms with van der Waals surface area (Å²) >= 11 is 0. The van der Waals surface area contributed by atoms with Crippen molar-refractivity contribution in [1.82, 2.24) is 14.9 Å². The van der Waals surface area contributed by atoms with Crippen LogP contribution in [0.15, 0.2) is 48.8 Å². The summed E-state index contributed by atoms with van der Waals surface area (Å²) in [7, 11) is 3.29. The Morgan fingerprint density at radius 3 is 2.92 bits per heavy atom. The van der Waals surface area contributed by atoms with Gasteiger partial charge in [-0.1, -0.05) is 18.2 Å². The predicted molar refractivity (Wildman–Crippen MR) is 98.0 cm³/mol. The molecule has 0 spiro atoms. The van der Waals surface area contributed by atoms with Crippen LogP contribution < -0.4 is 4.74 Å². The molecule has 2 aliphatic heterocycles. The highest BCUT2D eigenvalue weighted by Crippen LogP contribution is 2.47. The fraction of sp³-hybridized carbons (Fsp3) is 0.368. The topological polar surface area (TPSA) is 54.9 Å². The summed E-state index contributed by atoms with van der Waals surface area (Å²) in [5.74, 6) is 1.12. The Hall–Kier alpha value is -2.22. The number of hydroxylamine groups is 2. The predicted octanol–water partition coefficient (Wildman–Crippen LogP) is 1.47. The lowest BCUT2D eigenvalue weighted by molar-refractivity contribution is -0.175. The zero-order chi connectivity index (χ0) is 18.0. The van der Waals surface area contributed by atoms with Crippen LogP contribution in [0.25, 0.3) is 0 Å². The summed E-state index contributed by atoms with van der Waals surface area (Å²) < 4.78 is 5.24. The maximum absolute atomic E-state index is 11.0. The molecule has 2 aliphatic rings. The standard InChI is InChI=1S/C19H21BN3O3/c1-25-18-6-4-15(5-7-18)10-23-19(16-3-2-8-21-9-16)13-22(20-14-24)11-17(19)12-26-23/h2-9,14,17H,10-13H2,1H3. The van der Waals surface area contributed by atoms with E-state index in [9.17, 15) is 4.79 Å². The van der Waals surface area contributed by atoms with Crippen LogP contribution in [0.5, 0.6) is 5.75 Å². The first-order valence-electron chi connectivity index (χ1n) is 8.73. The number of hydrogen-bond acceptors (Lipinski definition) is 6. The normalized spacial score (nSPS) is 25.8. The fourth-order valence-electron chi connectivity index (χ4n) is 4.08. The average Bonchev–Trinajstić information content (AvgIpc) is 3.21. The molecule has 6 nitrogen and oxygen atoms in total. The Balaban J connectivity index is 1.65. The quantitative estimate of drug-likeness (QED) is 0.581. The molecule has 133 valence electrons. The van der Waals surface area contributed by atoms with E-state index < -0.39 is 0 Å². The van der Waals surface area contributed by atoms with Crippen molar-refractivity contribution in [3.05, 3.63) is 59.9 Å². The van der Waals surface area contributed by atoms with Gasteiger partial charge in [0.05, 0.1) is 32.0 Å². The SMILES string of the molecule is COc1ccc(CN2OCC3CN([B]C=O)CC32c2cccnc2)cc1. The van der Waals surface area contributed by atoms with E-state index in [1.54, 1.807) is 20.7 Å². The smallest absolute Gasteiger partial charge is 0.293 e. The van der Waals surface area contributed by atoms with Crippen LogP contribution in [-0.2, 0) is 21.7 Å². The van der Waals surface area contributed by atoms with Crippen molar-refractivity contribution in [2.75, 3.05) is 26.8 Å². The van der Waals surface area contributed by atoms with Gasteiger partial charge in [0.25, 0.3) is 7.41 Å². The second-order valence-electron chi connectivity index (χ2n) is 6.76. The van der Waals surface area contributed by atoms with E-state index in [0.717, 1.165) is 29.6 Å². The van der Waals surface area contributed by atoms with Gasteiger partial charge in [-0.2, -0.15) is 5.06 Å². The van der Waals surface area contributed by atoms with Crippen molar-refractivity contribution in [2.24, 2.45) is 5.92 Å². The second kappa shape index (κ2) is 7.19. The van der Waals surface area contributed by atoms with Gasteiger partial charge in [-0.05, 0) is 35.9 Å². The molecule has 2 saturated heterocycles. The summed E-state index contributed by atoms with van der Waals surface area (Å²) in [4.78, 5) is 23.5. The molecule has 0 N–H and O–H groups in total. The Kier molecular flexibility index (Phi) is 4.76. The molecule has 0 bridgehead atoms. The summed E-state index contributed by atoms with van der Waals surface area (Å²) in [5, 5.41) is 2.06. The molecule has 2 fully saturated rings. The average molecular weight is 350 g/mol. The Morgan fingerprint density at radius 2 is 2.23 bits per heavy atom. The van der Waals surface area contributed by atoms with Crippen molar-refractivity contribution >= 4 is 13.6 Å². The van der Waals surface area contributed by atoms with E-state index in [-0.39, 0.29) is 11.5 Å². The van der Waals surface area contributed by atoms with Crippen molar-refractivity contribution in [2.45, 2.75) is 12.1 Å². The first-order chi connectivity index (χ1) is 12.8. The van der Waals surface area contributed by atoms with E-state index in [2.05, 4.69) is 33.1 Å². The number of fused-ring (bicyclic) bond motifs is 1. The summed E-state index contributed by atoms with van der Waals surface area (Å²) in [6.45, 7) is 2.80. The summed E-state index contributed by atoms with van der Waals surface area (Å²) in [6.07, 6.45) is 4.54. The fourth-order valence-corrected chi connectivity index (χ4v) is 4.08. The number of methoxy groups -OCH3 is 1. The highest BCUT2D eigenvalue weighted by molar-refractivity contribution is 6.64. The minimum atomic E-state index is -0.312. The zero-order valence-electron chi connectivity index (χ0n) is 14.7. The molecule has 1 aromatic heterocycles. The molecule has 7 heteroatoms. The highest BCUT2D eigenvalue weighted by atomic mass is 16.7. The van der Waals surface area contributed by atoms with Gasteiger partial charge >= 0.3 is 0 Å². The summed E-state index contributed by atoms with van der Waals surface area (Å²) in [5.41, 5.74) is 1.96.